The normalized spacial score (nSPS) is 24.7. The highest BCUT2D eigenvalue weighted by molar-refractivity contribution is 7.84. The van der Waals surface area contributed by atoms with Crippen molar-refractivity contribution in [3.05, 3.63) is 0 Å². The fourth-order valence-electron chi connectivity index (χ4n) is 2.06. The van der Waals surface area contributed by atoms with Crippen LogP contribution in [0.2, 0.25) is 0 Å². The Kier molecular flexibility index (Phi) is 4.53. The van der Waals surface area contributed by atoms with Crippen molar-refractivity contribution in [2.45, 2.75) is 39.8 Å². The van der Waals surface area contributed by atoms with Crippen LogP contribution in [0.25, 0.3) is 0 Å². The minimum Gasteiger partial charge on any atom is -0.342 e. The number of carbonyl (C=O) groups excluding carboxylic acids is 2. The average molecular weight is 274 g/mol. The lowest BCUT2D eigenvalue weighted by atomic mass is 9.84. The van der Waals surface area contributed by atoms with Crippen molar-refractivity contribution >= 4 is 22.6 Å². The molecule has 0 spiro atoms. The molecule has 0 saturated carbocycles. The minimum atomic E-state index is -0.982. The smallest absolute Gasteiger partial charge is 0.246 e. The van der Waals surface area contributed by atoms with Gasteiger partial charge < -0.3 is 10.2 Å². The molecule has 104 valence electrons. The first-order valence-corrected chi connectivity index (χ1v) is 7.75. The van der Waals surface area contributed by atoms with Gasteiger partial charge in [-0.3, -0.25) is 13.8 Å². The molecule has 0 aromatic rings. The van der Waals surface area contributed by atoms with Crippen LogP contribution in [0.15, 0.2) is 0 Å². The quantitative estimate of drug-likeness (QED) is 0.795. The van der Waals surface area contributed by atoms with Crippen LogP contribution in [0.5, 0.6) is 0 Å². The molecule has 3 atom stereocenters. The number of carbonyl (C=O) groups is 2. The summed E-state index contributed by atoms with van der Waals surface area (Å²) in [5.74, 6) is 0.166. The van der Waals surface area contributed by atoms with Gasteiger partial charge in [0.1, 0.15) is 6.04 Å². The number of nitrogens with one attached hydrogen (secondary N) is 1. The second-order valence-corrected chi connectivity index (χ2v) is 7.40. The highest BCUT2D eigenvalue weighted by Gasteiger charge is 2.41. The number of amides is 2. The molecule has 1 fully saturated rings. The van der Waals surface area contributed by atoms with Crippen molar-refractivity contribution in [3.8, 4) is 0 Å². The Labute approximate surface area is 111 Å². The van der Waals surface area contributed by atoms with Crippen LogP contribution in [0.1, 0.15) is 27.7 Å². The Hall–Kier alpha value is -0.910. The second-order valence-electron chi connectivity index (χ2n) is 5.92. The Morgan fingerprint density at radius 3 is 2.44 bits per heavy atom. The zero-order valence-electron chi connectivity index (χ0n) is 11.6. The number of piperazine rings is 1. The minimum absolute atomic E-state index is 0.0593. The topological polar surface area (TPSA) is 66.5 Å². The first-order chi connectivity index (χ1) is 8.12. The molecule has 1 saturated heterocycles. The van der Waals surface area contributed by atoms with Crippen molar-refractivity contribution in [3.63, 3.8) is 0 Å². The lowest BCUT2D eigenvalue weighted by molar-refractivity contribution is -0.149. The van der Waals surface area contributed by atoms with Crippen LogP contribution in [-0.2, 0) is 20.4 Å². The highest BCUT2D eigenvalue weighted by atomic mass is 32.2. The Morgan fingerprint density at radius 2 is 2.00 bits per heavy atom. The molecule has 0 aliphatic carbocycles. The van der Waals surface area contributed by atoms with Crippen molar-refractivity contribution in [1.82, 2.24) is 10.2 Å². The number of hydrogen-bond donors (Lipinski definition) is 1. The zero-order chi connectivity index (χ0) is 14.1. The summed E-state index contributed by atoms with van der Waals surface area (Å²) in [5, 5.41) is 2.74. The predicted molar refractivity (Wildman–Crippen MR) is 71.5 cm³/mol. The molecule has 1 rings (SSSR count). The van der Waals surface area contributed by atoms with Crippen LogP contribution in [0.3, 0.4) is 0 Å². The summed E-state index contributed by atoms with van der Waals surface area (Å²) in [6.45, 7) is 7.65. The average Bonchev–Trinajstić information content (AvgIpc) is 2.18. The molecule has 1 aliphatic rings. The third kappa shape index (κ3) is 3.54. The molecule has 0 aromatic heterocycles. The molecule has 5 nitrogen and oxygen atoms in total. The second kappa shape index (κ2) is 5.38. The van der Waals surface area contributed by atoms with Gasteiger partial charge >= 0.3 is 0 Å². The molecule has 6 heteroatoms. The fraction of sp³-hybridized carbons (Fsp3) is 0.833. The SMILES string of the molecule is CC(CS(C)=O)N1CC(=O)NC(C(C)(C)C)C1=O. The first-order valence-electron chi connectivity index (χ1n) is 6.03. The number of nitrogens with zero attached hydrogens (tertiary/aromatic N) is 1. The summed E-state index contributed by atoms with van der Waals surface area (Å²) in [6, 6.07) is -0.689. The predicted octanol–water partition coefficient (Wildman–Crippen LogP) is 0.127. The van der Waals surface area contributed by atoms with Gasteiger partial charge in [-0.15, -0.1) is 0 Å². The van der Waals surface area contributed by atoms with E-state index in [0.29, 0.717) is 5.75 Å². The van der Waals surface area contributed by atoms with Crippen molar-refractivity contribution in [1.29, 1.82) is 0 Å². The molecule has 3 unspecified atom stereocenters. The van der Waals surface area contributed by atoms with E-state index in [1.165, 1.54) is 4.90 Å². The molecule has 1 N–H and O–H groups in total. The number of rotatable bonds is 3. The van der Waals surface area contributed by atoms with Crippen LogP contribution >= 0.6 is 0 Å². The van der Waals surface area contributed by atoms with E-state index < -0.39 is 16.8 Å². The van der Waals surface area contributed by atoms with Gasteiger partial charge in [0.15, 0.2) is 0 Å². The highest BCUT2D eigenvalue weighted by Crippen LogP contribution is 2.24. The van der Waals surface area contributed by atoms with Gasteiger partial charge in [0.2, 0.25) is 11.8 Å². The molecule has 0 bridgehead atoms. The van der Waals surface area contributed by atoms with Gasteiger partial charge in [-0.1, -0.05) is 20.8 Å². The zero-order valence-corrected chi connectivity index (χ0v) is 12.5. The first kappa shape index (κ1) is 15.1. The maximum Gasteiger partial charge on any atom is 0.246 e. The third-order valence-electron chi connectivity index (χ3n) is 3.02. The molecule has 1 aliphatic heterocycles. The van der Waals surface area contributed by atoms with Crippen molar-refractivity contribution in [2.24, 2.45) is 5.41 Å². The van der Waals surface area contributed by atoms with Crippen LogP contribution in [0, 0.1) is 5.41 Å². The Bertz CT molecular complexity index is 376. The van der Waals surface area contributed by atoms with Gasteiger partial charge in [0.25, 0.3) is 0 Å². The van der Waals surface area contributed by atoms with E-state index in [-0.39, 0.29) is 29.8 Å². The van der Waals surface area contributed by atoms with Gasteiger partial charge in [-0.25, -0.2) is 0 Å². The molecule has 0 radical (unpaired) electrons. The van der Waals surface area contributed by atoms with E-state index in [2.05, 4.69) is 5.32 Å². The van der Waals surface area contributed by atoms with E-state index in [4.69, 9.17) is 0 Å². The number of hydrogen-bond acceptors (Lipinski definition) is 3. The monoisotopic (exact) mass is 274 g/mol. The summed E-state index contributed by atoms with van der Waals surface area (Å²) >= 11 is 0. The van der Waals surface area contributed by atoms with Crippen molar-refractivity contribution < 1.29 is 13.8 Å². The third-order valence-corrected chi connectivity index (χ3v) is 3.98. The van der Waals surface area contributed by atoms with Crippen LogP contribution in [-0.4, -0.2) is 51.6 Å². The Balaban J connectivity index is 2.89. The summed E-state index contributed by atoms with van der Waals surface area (Å²) in [7, 11) is -0.982. The van der Waals surface area contributed by atoms with Gasteiger partial charge in [-0.05, 0) is 12.3 Å². The van der Waals surface area contributed by atoms with E-state index in [9.17, 15) is 13.8 Å². The van der Waals surface area contributed by atoms with E-state index >= 15 is 0 Å². The lowest BCUT2D eigenvalue weighted by Crippen LogP contribution is -2.64. The largest absolute Gasteiger partial charge is 0.342 e. The van der Waals surface area contributed by atoms with Crippen molar-refractivity contribution in [2.75, 3.05) is 18.6 Å². The van der Waals surface area contributed by atoms with Crippen LogP contribution in [0.4, 0.5) is 0 Å². The Morgan fingerprint density at radius 1 is 1.44 bits per heavy atom. The molecule has 18 heavy (non-hydrogen) atoms. The molecule has 2 amide bonds. The van der Waals surface area contributed by atoms with Gasteiger partial charge in [-0.2, -0.15) is 0 Å². The standard InChI is InChI=1S/C12H22N2O3S/c1-8(7-18(5)17)14-6-9(15)13-10(11(14)16)12(2,3)4/h8,10H,6-7H2,1-5H3,(H,13,15). The maximum absolute atomic E-state index is 12.4. The van der Waals surface area contributed by atoms with Gasteiger partial charge in [0, 0.05) is 28.9 Å². The fourth-order valence-corrected chi connectivity index (χ4v) is 2.92. The molecule has 1 heterocycles. The summed E-state index contributed by atoms with van der Waals surface area (Å²) in [5.41, 5.74) is -0.323. The lowest BCUT2D eigenvalue weighted by Gasteiger charge is -2.41. The van der Waals surface area contributed by atoms with E-state index in [0.717, 1.165) is 0 Å². The summed E-state index contributed by atoms with van der Waals surface area (Å²) < 4.78 is 11.2. The van der Waals surface area contributed by atoms with E-state index in [1.54, 1.807) is 6.26 Å². The van der Waals surface area contributed by atoms with Crippen LogP contribution < -0.4 is 5.32 Å². The molecule has 0 aromatic carbocycles. The maximum atomic E-state index is 12.4. The molecular weight excluding hydrogens is 252 g/mol. The molecular formula is C12H22N2O3S. The summed E-state index contributed by atoms with van der Waals surface area (Å²) in [4.78, 5) is 25.6. The van der Waals surface area contributed by atoms with Gasteiger partial charge in [0.05, 0.1) is 6.54 Å². The van der Waals surface area contributed by atoms with E-state index in [1.807, 2.05) is 27.7 Å². The summed E-state index contributed by atoms with van der Waals surface area (Å²) in [6.07, 6.45) is 1.60.